The van der Waals surface area contributed by atoms with Gasteiger partial charge in [0.05, 0.1) is 6.07 Å². The van der Waals surface area contributed by atoms with E-state index in [-0.39, 0.29) is 12.3 Å². The van der Waals surface area contributed by atoms with Crippen LogP contribution in [0.3, 0.4) is 0 Å². The van der Waals surface area contributed by atoms with Crippen molar-refractivity contribution in [2.24, 2.45) is 0 Å². The van der Waals surface area contributed by atoms with Crippen molar-refractivity contribution in [2.75, 3.05) is 7.05 Å². The maximum absolute atomic E-state index is 13.5. The molecule has 2 rings (SSSR count). The molecular formula is C13H11FN2O4. The number of nitrogens with zero attached hydrogens (tertiary/aromatic N) is 2. The summed E-state index contributed by atoms with van der Waals surface area (Å²) in [5, 5.41) is 10.5. The van der Waals surface area contributed by atoms with Crippen LogP contribution >= 0.6 is 0 Å². The molecule has 0 bridgehead atoms. The van der Waals surface area contributed by atoms with E-state index >= 15 is 0 Å². The van der Waals surface area contributed by atoms with Crippen LogP contribution in [0.4, 0.5) is 10.3 Å². The number of hydrogen-bond donors (Lipinski definition) is 0. The second-order valence-corrected chi connectivity index (χ2v) is 4.15. The highest BCUT2D eigenvalue weighted by molar-refractivity contribution is 5.91. The van der Waals surface area contributed by atoms with Gasteiger partial charge < -0.3 is 9.32 Å². The molecule has 0 aliphatic heterocycles. The molecule has 1 heterocycles. The number of halogens is 1. The molecule has 0 N–H and O–H groups in total. The van der Waals surface area contributed by atoms with Gasteiger partial charge in [0.2, 0.25) is 0 Å². The van der Waals surface area contributed by atoms with Crippen molar-refractivity contribution in [2.45, 2.75) is 6.54 Å². The Hall–Kier alpha value is -2.70. The molecule has 0 aliphatic carbocycles. The van der Waals surface area contributed by atoms with E-state index < -0.39 is 22.5 Å². The fourth-order valence-corrected chi connectivity index (χ4v) is 1.68. The average molecular weight is 278 g/mol. The first kappa shape index (κ1) is 13.7. The number of nitro groups is 1. The Morgan fingerprint density at radius 3 is 2.65 bits per heavy atom. The molecule has 7 heteroatoms. The summed E-state index contributed by atoms with van der Waals surface area (Å²) < 4.78 is 18.3. The van der Waals surface area contributed by atoms with Gasteiger partial charge in [-0.1, -0.05) is 18.2 Å². The van der Waals surface area contributed by atoms with E-state index in [1.54, 1.807) is 18.2 Å². The van der Waals surface area contributed by atoms with Crippen LogP contribution in [0.5, 0.6) is 0 Å². The van der Waals surface area contributed by atoms with Gasteiger partial charge in [0, 0.05) is 19.2 Å². The second kappa shape index (κ2) is 5.52. The van der Waals surface area contributed by atoms with Gasteiger partial charge in [0.1, 0.15) is 10.7 Å². The topological polar surface area (TPSA) is 76.6 Å². The van der Waals surface area contributed by atoms with Gasteiger partial charge >= 0.3 is 5.88 Å². The van der Waals surface area contributed by atoms with Crippen LogP contribution in [0.15, 0.2) is 40.8 Å². The Morgan fingerprint density at radius 2 is 2.05 bits per heavy atom. The van der Waals surface area contributed by atoms with Crippen molar-refractivity contribution in [1.82, 2.24) is 4.90 Å². The second-order valence-electron chi connectivity index (χ2n) is 4.15. The van der Waals surface area contributed by atoms with E-state index in [1.807, 2.05) is 0 Å². The first-order valence-corrected chi connectivity index (χ1v) is 5.72. The number of carbonyl (C=O) groups excluding carboxylic acids is 1. The van der Waals surface area contributed by atoms with Crippen molar-refractivity contribution in [3.63, 3.8) is 0 Å². The number of rotatable bonds is 4. The van der Waals surface area contributed by atoms with Gasteiger partial charge in [-0.25, -0.2) is 4.39 Å². The fraction of sp³-hybridized carbons (Fsp3) is 0.154. The molecule has 0 fully saturated rings. The molecule has 0 aliphatic rings. The van der Waals surface area contributed by atoms with Crippen molar-refractivity contribution in [3.8, 4) is 0 Å². The molecule has 0 spiro atoms. The van der Waals surface area contributed by atoms with Gasteiger partial charge in [0.25, 0.3) is 5.91 Å². The van der Waals surface area contributed by atoms with E-state index in [2.05, 4.69) is 0 Å². The SMILES string of the molecule is CN(Cc1ccccc1F)C(=O)c1ccc([N+](=O)[O-])o1. The molecule has 0 saturated carbocycles. The monoisotopic (exact) mass is 278 g/mol. The average Bonchev–Trinajstić information content (AvgIpc) is 2.90. The predicted molar refractivity (Wildman–Crippen MR) is 67.6 cm³/mol. The quantitative estimate of drug-likeness (QED) is 0.636. The zero-order valence-electron chi connectivity index (χ0n) is 10.6. The number of carbonyl (C=O) groups is 1. The lowest BCUT2D eigenvalue weighted by Gasteiger charge is -2.15. The summed E-state index contributed by atoms with van der Waals surface area (Å²) >= 11 is 0. The zero-order valence-corrected chi connectivity index (χ0v) is 10.6. The Labute approximate surface area is 113 Å². The summed E-state index contributed by atoms with van der Waals surface area (Å²) in [6.45, 7) is 0.0417. The van der Waals surface area contributed by atoms with Crippen molar-refractivity contribution < 1.29 is 18.5 Å². The Balaban J connectivity index is 2.12. The standard InChI is InChI=1S/C13H11FN2O4/c1-15(8-9-4-2-3-5-10(9)14)13(17)11-6-7-12(20-11)16(18)19/h2-7H,8H2,1H3. The van der Waals surface area contributed by atoms with Crippen molar-refractivity contribution >= 4 is 11.8 Å². The fourth-order valence-electron chi connectivity index (χ4n) is 1.68. The predicted octanol–water partition coefficient (Wildman–Crippen LogP) is 2.60. The Kier molecular flexibility index (Phi) is 3.79. The number of furan rings is 1. The van der Waals surface area contributed by atoms with Crippen LogP contribution in [0.2, 0.25) is 0 Å². The molecule has 1 amide bonds. The summed E-state index contributed by atoms with van der Waals surface area (Å²) in [5.74, 6) is -1.64. The van der Waals surface area contributed by atoms with Gasteiger partial charge in [-0.2, -0.15) is 0 Å². The van der Waals surface area contributed by atoms with Crippen LogP contribution in [-0.2, 0) is 6.54 Å². The molecule has 6 nitrogen and oxygen atoms in total. The summed E-state index contributed by atoms with van der Waals surface area (Å²) in [6, 6.07) is 8.39. The highest BCUT2D eigenvalue weighted by Crippen LogP contribution is 2.18. The summed E-state index contributed by atoms with van der Waals surface area (Å²) in [6.07, 6.45) is 0. The Bertz CT molecular complexity index is 653. The smallest absolute Gasteiger partial charge is 0.395 e. The van der Waals surface area contributed by atoms with Gasteiger partial charge in [0.15, 0.2) is 5.76 Å². The minimum atomic E-state index is -0.729. The van der Waals surface area contributed by atoms with Crippen LogP contribution in [0.1, 0.15) is 16.1 Å². The van der Waals surface area contributed by atoms with Crippen molar-refractivity contribution in [1.29, 1.82) is 0 Å². The van der Waals surface area contributed by atoms with E-state index in [1.165, 1.54) is 24.1 Å². The molecule has 0 unspecified atom stereocenters. The minimum absolute atomic E-state index is 0.0417. The zero-order chi connectivity index (χ0) is 14.7. The number of benzene rings is 1. The lowest BCUT2D eigenvalue weighted by Crippen LogP contribution is -2.26. The maximum Gasteiger partial charge on any atom is 0.433 e. The van der Waals surface area contributed by atoms with Crippen molar-refractivity contribution in [3.05, 3.63) is 63.7 Å². The molecule has 0 atom stereocenters. The minimum Gasteiger partial charge on any atom is -0.395 e. The maximum atomic E-state index is 13.5. The molecule has 0 saturated heterocycles. The van der Waals surface area contributed by atoms with E-state index in [9.17, 15) is 19.3 Å². The third-order valence-electron chi connectivity index (χ3n) is 2.69. The Morgan fingerprint density at radius 1 is 1.35 bits per heavy atom. The van der Waals surface area contributed by atoms with Gasteiger partial charge in [-0.15, -0.1) is 0 Å². The lowest BCUT2D eigenvalue weighted by molar-refractivity contribution is -0.402. The first-order chi connectivity index (χ1) is 9.49. The third kappa shape index (κ3) is 2.82. The third-order valence-corrected chi connectivity index (χ3v) is 2.69. The molecular weight excluding hydrogens is 267 g/mol. The molecule has 1 aromatic carbocycles. The van der Waals surface area contributed by atoms with E-state index in [4.69, 9.17) is 4.42 Å². The largest absolute Gasteiger partial charge is 0.433 e. The number of hydrogen-bond acceptors (Lipinski definition) is 4. The molecule has 2 aromatic rings. The summed E-state index contributed by atoms with van der Waals surface area (Å²) in [4.78, 5) is 23.0. The normalized spacial score (nSPS) is 10.3. The molecule has 1 aromatic heterocycles. The van der Waals surface area contributed by atoms with Crippen LogP contribution < -0.4 is 0 Å². The van der Waals surface area contributed by atoms with E-state index in [0.29, 0.717) is 5.56 Å². The van der Waals surface area contributed by atoms with Crippen LogP contribution in [0.25, 0.3) is 0 Å². The molecule has 104 valence electrons. The lowest BCUT2D eigenvalue weighted by atomic mass is 10.2. The van der Waals surface area contributed by atoms with E-state index in [0.717, 1.165) is 6.07 Å². The molecule has 20 heavy (non-hydrogen) atoms. The van der Waals surface area contributed by atoms with Gasteiger partial charge in [-0.05, 0) is 12.1 Å². The highest BCUT2D eigenvalue weighted by Gasteiger charge is 2.20. The van der Waals surface area contributed by atoms with Crippen LogP contribution in [0, 0.1) is 15.9 Å². The van der Waals surface area contributed by atoms with Crippen LogP contribution in [-0.4, -0.2) is 22.8 Å². The highest BCUT2D eigenvalue weighted by atomic mass is 19.1. The summed E-state index contributed by atoms with van der Waals surface area (Å²) in [7, 11) is 1.46. The van der Waals surface area contributed by atoms with Gasteiger partial charge in [-0.3, -0.25) is 14.9 Å². The summed E-state index contributed by atoms with van der Waals surface area (Å²) in [5.41, 5.74) is 0.351. The number of amides is 1. The molecule has 0 radical (unpaired) electrons. The first-order valence-electron chi connectivity index (χ1n) is 5.72.